The van der Waals surface area contributed by atoms with Crippen molar-refractivity contribution in [3.63, 3.8) is 0 Å². The molecule has 1 saturated heterocycles. The molecule has 0 radical (unpaired) electrons. The molecule has 1 N–H and O–H groups in total. The Morgan fingerprint density at radius 1 is 1.50 bits per heavy atom. The summed E-state index contributed by atoms with van der Waals surface area (Å²) in [6, 6.07) is 5.65. The van der Waals surface area contributed by atoms with Gasteiger partial charge in [0.05, 0.1) is 0 Å². The molecule has 0 aliphatic carbocycles. The minimum atomic E-state index is -0.0336. The van der Waals surface area contributed by atoms with E-state index in [0.717, 1.165) is 30.0 Å². The zero-order chi connectivity index (χ0) is 9.97. The number of nitrogens with one attached hydrogen (secondary N) is 1. The Kier molecular flexibility index (Phi) is 3.08. The predicted octanol–water partition coefficient (Wildman–Crippen LogP) is 2.51. The largest absolute Gasteiger partial charge is 0.314 e. The van der Waals surface area contributed by atoms with E-state index in [1.54, 1.807) is 0 Å². The van der Waals surface area contributed by atoms with E-state index in [2.05, 4.69) is 5.32 Å². The molecule has 76 valence electrons. The summed E-state index contributed by atoms with van der Waals surface area (Å²) in [6.45, 7) is 3.74. The number of halogens is 1. The Morgan fingerprint density at radius 2 is 2.36 bits per heavy atom. The van der Waals surface area contributed by atoms with Crippen LogP contribution in [0, 0.1) is 12.7 Å². The zero-order valence-electron chi connectivity index (χ0n) is 8.22. The SMILES string of the molecule is Cc1cccc(C2CNCCS2)c1F. The Hall–Kier alpha value is -0.540. The zero-order valence-corrected chi connectivity index (χ0v) is 9.03. The maximum Gasteiger partial charge on any atom is 0.130 e. The van der Waals surface area contributed by atoms with Crippen LogP contribution in [0.25, 0.3) is 0 Å². The first-order valence-corrected chi connectivity index (χ1v) is 5.91. The Labute approximate surface area is 88.1 Å². The molecular weight excluding hydrogens is 197 g/mol. The van der Waals surface area contributed by atoms with Crippen LogP contribution in [0.4, 0.5) is 4.39 Å². The second kappa shape index (κ2) is 4.32. The van der Waals surface area contributed by atoms with Crippen molar-refractivity contribution in [2.24, 2.45) is 0 Å². The van der Waals surface area contributed by atoms with E-state index in [-0.39, 0.29) is 11.1 Å². The summed E-state index contributed by atoms with van der Waals surface area (Å²) in [6.07, 6.45) is 0. The van der Waals surface area contributed by atoms with Gasteiger partial charge in [-0.2, -0.15) is 11.8 Å². The van der Waals surface area contributed by atoms with Gasteiger partial charge in [0.25, 0.3) is 0 Å². The standard InChI is InChI=1S/C11H14FNS/c1-8-3-2-4-9(11(8)12)10-7-13-5-6-14-10/h2-4,10,13H,5-7H2,1H3. The number of hydrogen-bond donors (Lipinski definition) is 1. The van der Waals surface area contributed by atoms with E-state index in [9.17, 15) is 4.39 Å². The molecule has 0 amide bonds. The van der Waals surface area contributed by atoms with Crippen molar-refractivity contribution in [3.8, 4) is 0 Å². The van der Waals surface area contributed by atoms with E-state index in [0.29, 0.717) is 0 Å². The van der Waals surface area contributed by atoms with Crippen LogP contribution in [-0.4, -0.2) is 18.8 Å². The molecule has 1 aliphatic heterocycles. The summed E-state index contributed by atoms with van der Waals surface area (Å²) in [5.74, 6) is 1.03. The van der Waals surface area contributed by atoms with Crippen molar-refractivity contribution in [1.29, 1.82) is 0 Å². The van der Waals surface area contributed by atoms with Crippen molar-refractivity contribution < 1.29 is 4.39 Å². The average molecular weight is 211 g/mol. The molecule has 0 aromatic heterocycles. The van der Waals surface area contributed by atoms with Gasteiger partial charge in [0, 0.05) is 29.7 Å². The molecule has 14 heavy (non-hydrogen) atoms. The van der Waals surface area contributed by atoms with Gasteiger partial charge in [-0.3, -0.25) is 0 Å². The first-order chi connectivity index (χ1) is 6.79. The van der Waals surface area contributed by atoms with Gasteiger partial charge < -0.3 is 5.32 Å². The van der Waals surface area contributed by atoms with Crippen LogP contribution in [0.5, 0.6) is 0 Å². The fourth-order valence-electron chi connectivity index (χ4n) is 1.68. The molecule has 0 saturated carbocycles. The number of rotatable bonds is 1. The summed E-state index contributed by atoms with van der Waals surface area (Å²) in [5.41, 5.74) is 1.59. The number of benzene rings is 1. The van der Waals surface area contributed by atoms with Gasteiger partial charge in [-0.25, -0.2) is 4.39 Å². The Bertz CT molecular complexity index is 321. The highest BCUT2D eigenvalue weighted by atomic mass is 32.2. The summed E-state index contributed by atoms with van der Waals surface area (Å²) in [5, 5.41) is 3.57. The van der Waals surface area contributed by atoms with Crippen LogP contribution >= 0.6 is 11.8 Å². The quantitative estimate of drug-likeness (QED) is 0.766. The molecule has 1 aromatic carbocycles. The third kappa shape index (κ3) is 1.93. The average Bonchev–Trinajstić information content (AvgIpc) is 2.23. The van der Waals surface area contributed by atoms with E-state index < -0.39 is 0 Å². The molecule has 3 heteroatoms. The summed E-state index contributed by atoms with van der Waals surface area (Å²) < 4.78 is 13.7. The number of hydrogen-bond acceptors (Lipinski definition) is 2. The minimum absolute atomic E-state index is 0.0336. The molecule has 2 rings (SSSR count). The van der Waals surface area contributed by atoms with Gasteiger partial charge in [0.2, 0.25) is 0 Å². The summed E-state index contributed by atoms with van der Waals surface area (Å²) in [4.78, 5) is 0. The number of aryl methyl sites for hydroxylation is 1. The van der Waals surface area contributed by atoms with E-state index in [1.165, 1.54) is 0 Å². The maximum atomic E-state index is 13.7. The lowest BCUT2D eigenvalue weighted by molar-refractivity contribution is 0.586. The van der Waals surface area contributed by atoms with Crippen molar-refractivity contribution in [2.45, 2.75) is 12.2 Å². The topological polar surface area (TPSA) is 12.0 Å². The van der Waals surface area contributed by atoms with Crippen LogP contribution in [0.1, 0.15) is 16.4 Å². The molecule has 0 spiro atoms. The highest BCUT2D eigenvalue weighted by molar-refractivity contribution is 7.99. The second-order valence-electron chi connectivity index (χ2n) is 3.54. The fraction of sp³-hybridized carbons (Fsp3) is 0.455. The predicted molar refractivity (Wildman–Crippen MR) is 59.2 cm³/mol. The highest BCUT2D eigenvalue weighted by Gasteiger charge is 2.19. The van der Waals surface area contributed by atoms with Gasteiger partial charge in [0.1, 0.15) is 5.82 Å². The van der Waals surface area contributed by atoms with Gasteiger partial charge in [-0.15, -0.1) is 0 Å². The van der Waals surface area contributed by atoms with Crippen molar-refractivity contribution >= 4 is 11.8 Å². The Balaban J connectivity index is 2.26. The lowest BCUT2D eigenvalue weighted by Crippen LogP contribution is -2.28. The van der Waals surface area contributed by atoms with Crippen LogP contribution in [0.15, 0.2) is 18.2 Å². The first kappa shape index (κ1) is 9.99. The van der Waals surface area contributed by atoms with Gasteiger partial charge in [-0.05, 0) is 12.5 Å². The van der Waals surface area contributed by atoms with Gasteiger partial charge >= 0.3 is 0 Å². The molecular formula is C11H14FNS. The summed E-state index contributed by atoms with van der Waals surface area (Å²) in [7, 11) is 0. The first-order valence-electron chi connectivity index (χ1n) is 4.86. The highest BCUT2D eigenvalue weighted by Crippen LogP contribution is 2.32. The van der Waals surface area contributed by atoms with Crippen LogP contribution in [0.3, 0.4) is 0 Å². The van der Waals surface area contributed by atoms with E-state index >= 15 is 0 Å². The molecule has 1 heterocycles. The van der Waals surface area contributed by atoms with E-state index in [1.807, 2.05) is 36.9 Å². The molecule has 1 atom stereocenters. The van der Waals surface area contributed by atoms with Crippen LogP contribution in [0.2, 0.25) is 0 Å². The van der Waals surface area contributed by atoms with Crippen LogP contribution < -0.4 is 5.32 Å². The minimum Gasteiger partial charge on any atom is -0.314 e. The molecule has 1 aromatic rings. The van der Waals surface area contributed by atoms with Crippen molar-refractivity contribution in [1.82, 2.24) is 5.32 Å². The summed E-state index contributed by atoms with van der Waals surface area (Å²) >= 11 is 1.84. The lowest BCUT2D eigenvalue weighted by atomic mass is 10.1. The van der Waals surface area contributed by atoms with Crippen LogP contribution in [-0.2, 0) is 0 Å². The Morgan fingerprint density at radius 3 is 3.07 bits per heavy atom. The monoisotopic (exact) mass is 211 g/mol. The molecule has 0 bridgehead atoms. The van der Waals surface area contributed by atoms with Gasteiger partial charge in [0.15, 0.2) is 0 Å². The number of thioether (sulfide) groups is 1. The molecule has 1 unspecified atom stereocenters. The van der Waals surface area contributed by atoms with E-state index in [4.69, 9.17) is 0 Å². The maximum absolute atomic E-state index is 13.7. The molecule has 1 nitrogen and oxygen atoms in total. The second-order valence-corrected chi connectivity index (χ2v) is 4.85. The van der Waals surface area contributed by atoms with Crippen molar-refractivity contribution in [2.75, 3.05) is 18.8 Å². The third-order valence-electron chi connectivity index (χ3n) is 2.50. The molecule has 1 aliphatic rings. The lowest BCUT2D eigenvalue weighted by Gasteiger charge is -2.23. The fourth-order valence-corrected chi connectivity index (χ4v) is 2.83. The van der Waals surface area contributed by atoms with Crippen molar-refractivity contribution in [3.05, 3.63) is 35.1 Å². The van der Waals surface area contributed by atoms with Gasteiger partial charge in [-0.1, -0.05) is 18.2 Å². The smallest absolute Gasteiger partial charge is 0.130 e. The normalized spacial score (nSPS) is 22.3. The third-order valence-corrected chi connectivity index (χ3v) is 3.76. The molecule has 1 fully saturated rings.